The number of carbonyl (C=O) groups excluding carboxylic acids is 1. The molecule has 3 heteroatoms. The zero-order valence-corrected chi connectivity index (χ0v) is 7.73. The van der Waals surface area contributed by atoms with Crippen molar-refractivity contribution in [2.45, 2.75) is 0 Å². The van der Waals surface area contributed by atoms with Gasteiger partial charge in [-0.1, -0.05) is 36.4 Å². The predicted molar refractivity (Wildman–Crippen MR) is 57.5 cm³/mol. The lowest BCUT2D eigenvalue weighted by Gasteiger charge is -2.01. The number of primary amides is 1. The fourth-order valence-corrected chi connectivity index (χ4v) is 1.44. The third-order valence-electron chi connectivity index (χ3n) is 2.06. The molecule has 2 aromatic rings. The Hall–Kier alpha value is -1.87. The molecule has 1 amide bonds. The number of nitrogens with two attached hydrogens (primary N) is 1. The average Bonchev–Trinajstić information content (AvgIpc) is 2.17. The van der Waals surface area contributed by atoms with Crippen LogP contribution >= 0.6 is 0 Å². The molecule has 0 saturated carbocycles. The Bertz CT molecular complexity index is 460. The van der Waals surface area contributed by atoms with E-state index in [1.54, 1.807) is 6.07 Å². The SMILES string of the molecule is N.NC(=O)c1cccc2ccccc12. The summed E-state index contributed by atoms with van der Waals surface area (Å²) in [4.78, 5) is 11.0. The lowest BCUT2D eigenvalue weighted by molar-refractivity contribution is 0.100. The van der Waals surface area contributed by atoms with Gasteiger partial charge in [-0.15, -0.1) is 0 Å². The number of carbonyl (C=O) groups is 1. The summed E-state index contributed by atoms with van der Waals surface area (Å²) in [5.74, 6) is -0.378. The van der Waals surface area contributed by atoms with Gasteiger partial charge in [0.2, 0.25) is 5.91 Å². The van der Waals surface area contributed by atoms with Crippen LogP contribution < -0.4 is 11.9 Å². The molecule has 72 valence electrons. The van der Waals surface area contributed by atoms with Crippen molar-refractivity contribution in [2.75, 3.05) is 0 Å². The maximum absolute atomic E-state index is 11.0. The Kier molecular flexibility index (Phi) is 2.84. The summed E-state index contributed by atoms with van der Waals surface area (Å²) < 4.78 is 0. The Labute approximate surface area is 82.1 Å². The molecule has 0 aromatic heterocycles. The van der Waals surface area contributed by atoms with Gasteiger partial charge in [0.05, 0.1) is 0 Å². The van der Waals surface area contributed by atoms with Crippen LogP contribution in [0, 0.1) is 0 Å². The van der Waals surface area contributed by atoms with E-state index in [0.717, 1.165) is 10.8 Å². The summed E-state index contributed by atoms with van der Waals surface area (Å²) in [5, 5.41) is 1.95. The van der Waals surface area contributed by atoms with Gasteiger partial charge in [-0.05, 0) is 16.8 Å². The molecule has 0 heterocycles. The standard InChI is InChI=1S/C11H9NO.H3N/c12-11(13)10-7-3-5-8-4-1-2-6-9(8)10;/h1-7H,(H2,12,13);1H3. The minimum absolute atomic E-state index is 0. The quantitative estimate of drug-likeness (QED) is 0.718. The topological polar surface area (TPSA) is 78.1 Å². The molecule has 14 heavy (non-hydrogen) atoms. The van der Waals surface area contributed by atoms with E-state index < -0.39 is 0 Å². The number of fused-ring (bicyclic) bond motifs is 1. The molecular weight excluding hydrogens is 176 g/mol. The van der Waals surface area contributed by atoms with E-state index in [1.165, 1.54) is 0 Å². The average molecular weight is 188 g/mol. The van der Waals surface area contributed by atoms with E-state index in [-0.39, 0.29) is 12.1 Å². The fourth-order valence-electron chi connectivity index (χ4n) is 1.44. The Balaban J connectivity index is 0.000000980. The summed E-state index contributed by atoms with van der Waals surface area (Å²) in [6, 6.07) is 13.2. The van der Waals surface area contributed by atoms with Gasteiger partial charge >= 0.3 is 0 Å². The first kappa shape index (κ1) is 10.2. The van der Waals surface area contributed by atoms with Gasteiger partial charge in [0.25, 0.3) is 0 Å². The molecule has 2 aromatic carbocycles. The summed E-state index contributed by atoms with van der Waals surface area (Å²) >= 11 is 0. The van der Waals surface area contributed by atoms with Crippen molar-refractivity contribution in [1.82, 2.24) is 6.15 Å². The van der Waals surface area contributed by atoms with Crippen molar-refractivity contribution in [3.05, 3.63) is 48.0 Å². The van der Waals surface area contributed by atoms with E-state index in [4.69, 9.17) is 5.73 Å². The monoisotopic (exact) mass is 188 g/mol. The third kappa shape index (κ3) is 1.58. The van der Waals surface area contributed by atoms with E-state index in [2.05, 4.69) is 0 Å². The van der Waals surface area contributed by atoms with Crippen LogP contribution in [0.5, 0.6) is 0 Å². The van der Waals surface area contributed by atoms with Gasteiger partial charge in [-0.3, -0.25) is 4.79 Å². The molecule has 2 rings (SSSR count). The van der Waals surface area contributed by atoms with Crippen LogP contribution in [-0.2, 0) is 0 Å². The molecular formula is C11H12N2O. The normalized spacial score (nSPS) is 9.43. The number of hydrogen-bond donors (Lipinski definition) is 2. The van der Waals surface area contributed by atoms with Crippen molar-refractivity contribution in [3.8, 4) is 0 Å². The van der Waals surface area contributed by atoms with Crippen LogP contribution in [-0.4, -0.2) is 5.91 Å². The van der Waals surface area contributed by atoms with Crippen molar-refractivity contribution in [2.24, 2.45) is 5.73 Å². The second-order valence-electron chi connectivity index (χ2n) is 2.89. The van der Waals surface area contributed by atoms with Crippen LogP contribution in [0.1, 0.15) is 10.4 Å². The molecule has 0 saturated heterocycles. The maximum atomic E-state index is 11.0. The van der Waals surface area contributed by atoms with Crippen molar-refractivity contribution < 1.29 is 4.79 Å². The summed E-state index contributed by atoms with van der Waals surface area (Å²) in [7, 11) is 0. The van der Waals surface area contributed by atoms with Gasteiger partial charge in [0, 0.05) is 5.56 Å². The minimum Gasteiger partial charge on any atom is -0.366 e. The number of amides is 1. The van der Waals surface area contributed by atoms with Gasteiger partial charge in [0.15, 0.2) is 0 Å². The predicted octanol–water partition coefficient (Wildman–Crippen LogP) is 2.10. The summed E-state index contributed by atoms with van der Waals surface area (Å²) in [6.45, 7) is 0. The molecule has 5 N–H and O–H groups in total. The molecule has 0 spiro atoms. The highest BCUT2D eigenvalue weighted by Crippen LogP contribution is 2.17. The van der Waals surface area contributed by atoms with Gasteiger partial charge < -0.3 is 11.9 Å². The fraction of sp³-hybridized carbons (Fsp3) is 0. The van der Waals surface area contributed by atoms with Crippen LogP contribution in [0.25, 0.3) is 10.8 Å². The highest BCUT2D eigenvalue weighted by atomic mass is 16.1. The summed E-state index contributed by atoms with van der Waals surface area (Å²) in [6.07, 6.45) is 0. The zero-order chi connectivity index (χ0) is 9.26. The third-order valence-corrected chi connectivity index (χ3v) is 2.06. The largest absolute Gasteiger partial charge is 0.366 e. The van der Waals surface area contributed by atoms with Gasteiger partial charge in [-0.2, -0.15) is 0 Å². The second-order valence-corrected chi connectivity index (χ2v) is 2.89. The first-order valence-electron chi connectivity index (χ1n) is 4.06. The summed E-state index contributed by atoms with van der Waals surface area (Å²) in [5.41, 5.74) is 5.82. The van der Waals surface area contributed by atoms with Gasteiger partial charge in [0.1, 0.15) is 0 Å². The molecule has 0 radical (unpaired) electrons. The van der Waals surface area contributed by atoms with Crippen LogP contribution in [0.2, 0.25) is 0 Å². The Morgan fingerprint density at radius 1 is 1.00 bits per heavy atom. The van der Waals surface area contributed by atoms with Crippen molar-refractivity contribution >= 4 is 16.7 Å². The van der Waals surface area contributed by atoms with E-state index in [1.807, 2.05) is 36.4 Å². The first-order valence-corrected chi connectivity index (χ1v) is 4.06. The molecule has 0 atom stereocenters. The van der Waals surface area contributed by atoms with Crippen molar-refractivity contribution in [1.29, 1.82) is 0 Å². The van der Waals surface area contributed by atoms with Crippen molar-refractivity contribution in [3.63, 3.8) is 0 Å². The minimum atomic E-state index is -0.378. The zero-order valence-electron chi connectivity index (χ0n) is 7.73. The molecule has 0 fully saturated rings. The van der Waals surface area contributed by atoms with Crippen LogP contribution in [0.15, 0.2) is 42.5 Å². The Morgan fingerprint density at radius 2 is 1.64 bits per heavy atom. The van der Waals surface area contributed by atoms with E-state index in [0.29, 0.717) is 5.56 Å². The van der Waals surface area contributed by atoms with E-state index >= 15 is 0 Å². The molecule has 0 bridgehead atoms. The maximum Gasteiger partial charge on any atom is 0.249 e. The molecule has 0 aliphatic heterocycles. The van der Waals surface area contributed by atoms with Gasteiger partial charge in [-0.25, -0.2) is 0 Å². The Morgan fingerprint density at radius 3 is 2.36 bits per heavy atom. The van der Waals surface area contributed by atoms with Crippen LogP contribution in [0.4, 0.5) is 0 Å². The smallest absolute Gasteiger partial charge is 0.249 e. The lowest BCUT2D eigenvalue weighted by atomic mass is 10.0. The molecule has 0 aliphatic carbocycles. The second kappa shape index (κ2) is 3.89. The number of hydrogen-bond acceptors (Lipinski definition) is 2. The lowest BCUT2D eigenvalue weighted by Crippen LogP contribution is -2.11. The molecule has 0 aliphatic rings. The number of rotatable bonds is 1. The number of benzene rings is 2. The molecule has 0 unspecified atom stereocenters. The van der Waals surface area contributed by atoms with Crippen LogP contribution in [0.3, 0.4) is 0 Å². The first-order chi connectivity index (χ1) is 6.29. The van der Waals surface area contributed by atoms with E-state index in [9.17, 15) is 4.79 Å². The highest BCUT2D eigenvalue weighted by Gasteiger charge is 2.03. The molecule has 3 nitrogen and oxygen atoms in total. The highest BCUT2D eigenvalue weighted by molar-refractivity contribution is 6.06.